The van der Waals surface area contributed by atoms with Gasteiger partial charge >= 0.3 is 5.97 Å². The second-order valence-electron chi connectivity index (χ2n) is 12.1. The topological polar surface area (TPSA) is 226 Å². The molecule has 14 heteroatoms. The highest BCUT2D eigenvalue weighted by Crippen LogP contribution is 2.14. The molecule has 0 aromatic heterocycles. The van der Waals surface area contributed by atoms with Gasteiger partial charge in [-0.1, -0.05) is 52.7 Å². The first-order valence-corrected chi connectivity index (χ1v) is 17.3. The van der Waals surface area contributed by atoms with Gasteiger partial charge in [0.1, 0.15) is 29.9 Å². The molecule has 0 unspecified atom stereocenters. The molecule has 1 aromatic carbocycles. The van der Waals surface area contributed by atoms with Crippen LogP contribution in [0.1, 0.15) is 71.8 Å². The summed E-state index contributed by atoms with van der Waals surface area (Å²) in [7, 11) is 0. The number of carbonyl (C=O) groups is 5. The molecule has 46 heavy (non-hydrogen) atoms. The monoisotopic (exact) mass is 666 g/mol. The molecule has 0 fully saturated rings. The number of unbranched alkanes of at least 4 members (excludes halogenated alkanes) is 1. The van der Waals surface area contributed by atoms with E-state index in [9.17, 15) is 34.2 Å². The highest BCUT2D eigenvalue weighted by molar-refractivity contribution is 7.98. The summed E-state index contributed by atoms with van der Waals surface area (Å²) in [5.41, 5.74) is 12.2. The van der Waals surface area contributed by atoms with Crippen molar-refractivity contribution in [2.75, 3.05) is 18.6 Å². The Labute approximate surface area is 276 Å². The molecular weight excluding hydrogens is 612 g/mol. The Morgan fingerprint density at radius 1 is 0.826 bits per heavy atom. The van der Waals surface area contributed by atoms with Crippen molar-refractivity contribution >= 4 is 41.4 Å². The third-order valence-electron chi connectivity index (χ3n) is 7.67. The maximum Gasteiger partial charge on any atom is 0.326 e. The second kappa shape index (κ2) is 21.4. The first kappa shape index (κ1) is 40.7. The molecule has 10 N–H and O–H groups in total. The van der Waals surface area contributed by atoms with E-state index in [0.29, 0.717) is 43.5 Å². The van der Waals surface area contributed by atoms with E-state index in [-0.39, 0.29) is 30.4 Å². The van der Waals surface area contributed by atoms with Crippen molar-refractivity contribution in [1.82, 2.24) is 21.3 Å². The third-order valence-corrected chi connectivity index (χ3v) is 8.32. The van der Waals surface area contributed by atoms with E-state index in [0.717, 1.165) is 6.42 Å². The number of nitrogens with two attached hydrogens (primary N) is 2. The van der Waals surface area contributed by atoms with Crippen molar-refractivity contribution in [3.8, 4) is 5.75 Å². The zero-order chi connectivity index (χ0) is 34.8. The maximum absolute atomic E-state index is 13.6. The van der Waals surface area contributed by atoms with Crippen LogP contribution in [-0.2, 0) is 30.4 Å². The molecule has 0 radical (unpaired) electrons. The van der Waals surface area contributed by atoms with Gasteiger partial charge in [0.2, 0.25) is 23.6 Å². The summed E-state index contributed by atoms with van der Waals surface area (Å²) in [4.78, 5) is 65.3. The number of phenols is 1. The van der Waals surface area contributed by atoms with Crippen molar-refractivity contribution in [3.63, 3.8) is 0 Å². The van der Waals surface area contributed by atoms with Crippen LogP contribution in [0.5, 0.6) is 5.75 Å². The summed E-state index contributed by atoms with van der Waals surface area (Å²) in [6, 6.07) is 0.873. The molecule has 0 aliphatic heterocycles. The number of benzene rings is 1. The highest BCUT2D eigenvalue weighted by atomic mass is 32.2. The third kappa shape index (κ3) is 14.8. The molecule has 6 atom stereocenters. The Morgan fingerprint density at radius 3 is 1.96 bits per heavy atom. The lowest BCUT2D eigenvalue weighted by molar-refractivity contribution is -0.142. The molecule has 0 saturated carbocycles. The molecule has 4 amide bonds. The van der Waals surface area contributed by atoms with E-state index >= 15 is 0 Å². The molecule has 0 spiro atoms. The number of aliphatic carboxylic acids is 1. The lowest BCUT2D eigenvalue weighted by Gasteiger charge is -2.29. The van der Waals surface area contributed by atoms with Crippen LogP contribution in [0, 0.1) is 11.8 Å². The summed E-state index contributed by atoms with van der Waals surface area (Å²) < 4.78 is 0. The molecular formula is C32H54N6O7S. The number of amides is 4. The lowest BCUT2D eigenvalue weighted by atomic mass is 9.96. The van der Waals surface area contributed by atoms with E-state index in [1.165, 1.54) is 23.9 Å². The standard InChI is InChI=1S/C32H54N6O7S/c1-6-20(4)27(31(43)37-26(32(44)45)18-21-10-12-22(39)13-11-21)38-30(42)25(17-19(2)3)36-29(41)24(14-16-46-5)35-28(40)23(34)9-7-8-15-33/h10-13,19-20,23-27,39H,6-9,14-18,33-34H2,1-5H3,(H,35,40)(H,36,41)(H,37,43)(H,38,42)(H,44,45)/t20-,23-,24-,25-,26-,27-/m0/s1. The number of nitrogens with one attached hydrogen (secondary N) is 4. The van der Waals surface area contributed by atoms with Crippen LogP contribution in [0.2, 0.25) is 0 Å². The summed E-state index contributed by atoms with van der Waals surface area (Å²) in [6.07, 6.45) is 4.76. The first-order valence-electron chi connectivity index (χ1n) is 15.9. The fourth-order valence-corrected chi connectivity index (χ4v) is 5.15. The number of hydrogen-bond donors (Lipinski definition) is 8. The number of phenolic OH excluding ortho intramolecular Hbond substituents is 1. The molecule has 13 nitrogen and oxygen atoms in total. The molecule has 0 saturated heterocycles. The summed E-state index contributed by atoms with van der Waals surface area (Å²) in [6.45, 7) is 7.88. The Bertz CT molecular complexity index is 1120. The Balaban J connectivity index is 3.11. The number of aromatic hydroxyl groups is 1. The second-order valence-corrected chi connectivity index (χ2v) is 13.1. The quantitative estimate of drug-likeness (QED) is 0.0827. The zero-order valence-electron chi connectivity index (χ0n) is 27.7. The van der Waals surface area contributed by atoms with Crippen LogP contribution < -0.4 is 32.7 Å². The average Bonchev–Trinajstić information content (AvgIpc) is 3.01. The number of carboxylic acids is 1. The van der Waals surface area contributed by atoms with Crippen LogP contribution in [0.15, 0.2) is 24.3 Å². The smallest absolute Gasteiger partial charge is 0.326 e. The van der Waals surface area contributed by atoms with Gasteiger partial charge in [0, 0.05) is 6.42 Å². The predicted octanol–water partition coefficient (Wildman–Crippen LogP) is 1.26. The molecule has 0 bridgehead atoms. The first-order chi connectivity index (χ1) is 21.7. The van der Waals surface area contributed by atoms with Crippen molar-refractivity contribution < 1.29 is 34.2 Å². The van der Waals surface area contributed by atoms with E-state index in [1.807, 2.05) is 27.0 Å². The normalized spacial score (nSPS) is 15.1. The summed E-state index contributed by atoms with van der Waals surface area (Å²) in [5.74, 6) is -3.29. The molecule has 1 aromatic rings. The SMILES string of the molecule is CC[C@H](C)[C@H](NC(=O)[C@H](CC(C)C)NC(=O)[C@H](CCSC)NC(=O)[C@@H](N)CCCCN)C(=O)N[C@@H](Cc1ccc(O)cc1)C(=O)O. The molecule has 0 aliphatic rings. The number of carbonyl (C=O) groups excluding carboxylic acids is 4. The number of hydrogen-bond acceptors (Lipinski definition) is 9. The predicted molar refractivity (Wildman–Crippen MR) is 180 cm³/mol. The highest BCUT2D eigenvalue weighted by Gasteiger charge is 2.34. The minimum atomic E-state index is -1.28. The van der Waals surface area contributed by atoms with Crippen LogP contribution in [0.3, 0.4) is 0 Å². The Kier molecular flexibility index (Phi) is 19.0. The molecule has 1 rings (SSSR count). The van der Waals surface area contributed by atoms with Gasteiger partial charge in [0.25, 0.3) is 0 Å². The van der Waals surface area contributed by atoms with Gasteiger partial charge in [-0.15, -0.1) is 0 Å². The largest absolute Gasteiger partial charge is 0.508 e. The van der Waals surface area contributed by atoms with Gasteiger partial charge in [-0.3, -0.25) is 19.2 Å². The number of thioether (sulfide) groups is 1. The van der Waals surface area contributed by atoms with Crippen LogP contribution >= 0.6 is 11.8 Å². The van der Waals surface area contributed by atoms with Gasteiger partial charge in [-0.05, 0) is 73.8 Å². The van der Waals surface area contributed by atoms with E-state index in [2.05, 4.69) is 21.3 Å². The van der Waals surface area contributed by atoms with Crippen LogP contribution in [0.4, 0.5) is 0 Å². The van der Waals surface area contributed by atoms with Crippen LogP contribution in [0.25, 0.3) is 0 Å². The number of rotatable bonds is 22. The minimum absolute atomic E-state index is 0.0103. The van der Waals surface area contributed by atoms with E-state index in [1.54, 1.807) is 19.1 Å². The lowest BCUT2D eigenvalue weighted by Crippen LogP contribution is -2.60. The van der Waals surface area contributed by atoms with E-state index < -0.39 is 59.8 Å². The average molecular weight is 667 g/mol. The fourth-order valence-electron chi connectivity index (χ4n) is 4.68. The van der Waals surface area contributed by atoms with Crippen molar-refractivity contribution in [2.45, 2.75) is 103 Å². The van der Waals surface area contributed by atoms with Gasteiger partial charge < -0.3 is 42.9 Å². The van der Waals surface area contributed by atoms with Gasteiger partial charge in [-0.2, -0.15) is 11.8 Å². The van der Waals surface area contributed by atoms with Gasteiger partial charge in [-0.25, -0.2) is 4.79 Å². The van der Waals surface area contributed by atoms with Crippen molar-refractivity contribution in [2.24, 2.45) is 23.3 Å². The molecule has 260 valence electrons. The van der Waals surface area contributed by atoms with Crippen molar-refractivity contribution in [3.05, 3.63) is 29.8 Å². The summed E-state index contributed by atoms with van der Waals surface area (Å²) in [5, 5.41) is 30.1. The zero-order valence-corrected chi connectivity index (χ0v) is 28.5. The van der Waals surface area contributed by atoms with Crippen molar-refractivity contribution in [1.29, 1.82) is 0 Å². The minimum Gasteiger partial charge on any atom is -0.508 e. The molecule has 0 aliphatic carbocycles. The van der Waals surface area contributed by atoms with E-state index in [4.69, 9.17) is 11.5 Å². The van der Waals surface area contributed by atoms with Gasteiger partial charge in [0.15, 0.2) is 0 Å². The summed E-state index contributed by atoms with van der Waals surface area (Å²) >= 11 is 1.51. The van der Waals surface area contributed by atoms with Crippen LogP contribution in [-0.4, -0.2) is 88.6 Å². The van der Waals surface area contributed by atoms with Gasteiger partial charge in [0.05, 0.1) is 6.04 Å². The fraction of sp³-hybridized carbons (Fsp3) is 0.656. The number of carboxylic acid groups (broad SMARTS) is 1. The Hall–Kier alpha value is -3.36. The Morgan fingerprint density at radius 2 is 1.41 bits per heavy atom. The maximum atomic E-state index is 13.6. The molecule has 0 heterocycles.